The van der Waals surface area contributed by atoms with E-state index in [1.807, 2.05) is 0 Å². The zero-order chi connectivity index (χ0) is 12.8. The summed E-state index contributed by atoms with van der Waals surface area (Å²) in [4.78, 5) is 0. The third kappa shape index (κ3) is 1.80. The molecule has 0 aromatic heterocycles. The highest BCUT2D eigenvalue weighted by molar-refractivity contribution is 5.60. The van der Waals surface area contributed by atoms with Gasteiger partial charge in [-0.05, 0) is 75.0 Å². The number of hydrogen-bond acceptors (Lipinski definition) is 0. The number of rotatable bonds is 1. The van der Waals surface area contributed by atoms with Gasteiger partial charge in [0, 0.05) is 12.3 Å². The van der Waals surface area contributed by atoms with Crippen LogP contribution in [0.1, 0.15) is 58.3 Å². The minimum atomic E-state index is 0.636. The van der Waals surface area contributed by atoms with E-state index in [0.717, 1.165) is 0 Å². The first kappa shape index (κ1) is 11.8. The molecule has 0 heterocycles. The highest BCUT2D eigenvalue weighted by Crippen LogP contribution is 2.49. The molecule has 1 atom stereocenters. The summed E-state index contributed by atoms with van der Waals surface area (Å²) in [5, 5.41) is 0. The normalized spacial score (nSPS) is 30.3. The van der Waals surface area contributed by atoms with E-state index in [0.29, 0.717) is 5.92 Å². The molecule has 4 aliphatic rings. The van der Waals surface area contributed by atoms with Crippen LogP contribution in [0, 0.1) is 12.3 Å². The summed E-state index contributed by atoms with van der Waals surface area (Å²) in [6.07, 6.45) is 18.3. The zero-order valence-corrected chi connectivity index (χ0v) is 12.0. The van der Waals surface area contributed by atoms with E-state index in [1.54, 1.807) is 33.4 Å². The molecule has 4 rings (SSSR count). The molecule has 0 aromatic carbocycles. The van der Waals surface area contributed by atoms with Gasteiger partial charge in [-0.1, -0.05) is 28.9 Å². The Bertz CT molecular complexity index is 536. The Labute approximate surface area is 117 Å². The summed E-state index contributed by atoms with van der Waals surface area (Å²) in [7, 11) is 0. The van der Waals surface area contributed by atoms with Crippen molar-refractivity contribution in [2.75, 3.05) is 0 Å². The fraction of sp³-hybridized carbons (Fsp3) is 0.526. The van der Waals surface area contributed by atoms with Gasteiger partial charge in [0.15, 0.2) is 0 Å². The third-order valence-corrected chi connectivity index (χ3v) is 5.38. The van der Waals surface area contributed by atoms with Gasteiger partial charge in [0.05, 0.1) is 0 Å². The van der Waals surface area contributed by atoms with Gasteiger partial charge in [0.2, 0.25) is 0 Å². The maximum absolute atomic E-state index is 2.49. The minimum Gasteiger partial charge on any atom is -0.0727 e. The Morgan fingerprint density at radius 1 is 0.895 bits per heavy atom. The molecule has 4 aliphatic carbocycles. The first-order valence-electron chi connectivity index (χ1n) is 8.02. The van der Waals surface area contributed by atoms with E-state index in [2.05, 4.69) is 25.5 Å². The third-order valence-electron chi connectivity index (χ3n) is 5.38. The SMILES string of the molecule is CC1=C(C2C=CC3=C2CCCC3)C2=C([CH]1)CCCC2. The van der Waals surface area contributed by atoms with Gasteiger partial charge in [0.1, 0.15) is 0 Å². The average Bonchev–Trinajstić information content (AvgIpc) is 2.98. The molecule has 0 fully saturated rings. The number of hydrogen-bond donors (Lipinski definition) is 0. The smallest absolute Gasteiger partial charge is 0.0239 e. The maximum Gasteiger partial charge on any atom is 0.0239 e. The summed E-state index contributed by atoms with van der Waals surface area (Å²) in [5.74, 6) is 0.636. The molecule has 0 heteroatoms. The average molecular weight is 251 g/mol. The lowest BCUT2D eigenvalue weighted by Crippen LogP contribution is -2.09. The largest absolute Gasteiger partial charge is 0.0727 e. The van der Waals surface area contributed by atoms with Gasteiger partial charge in [0.25, 0.3) is 0 Å². The van der Waals surface area contributed by atoms with Crippen molar-refractivity contribution >= 4 is 0 Å². The summed E-state index contributed by atoms with van der Waals surface area (Å²) in [5.41, 5.74) is 10.1. The summed E-state index contributed by atoms with van der Waals surface area (Å²) < 4.78 is 0. The van der Waals surface area contributed by atoms with Crippen LogP contribution in [-0.2, 0) is 0 Å². The van der Waals surface area contributed by atoms with Crippen molar-refractivity contribution in [3.05, 3.63) is 52.0 Å². The molecular weight excluding hydrogens is 228 g/mol. The van der Waals surface area contributed by atoms with E-state index in [4.69, 9.17) is 0 Å². The molecular formula is C19H23. The van der Waals surface area contributed by atoms with Crippen LogP contribution < -0.4 is 0 Å². The molecule has 0 aliphatic heterocycles. The Kier molecular flexibility index (Phi) is 2.79. The standard InChI is InChI=1S/C19H23/c1-13-12-15-7-3-5-9-17(15)19(13)18-11-10-14-6-2-4-8-16(14)18/h10-12,18H,2-9H2,1H3. The quantitative estimate of drug-likeness (QED) is 0.581. The fourth-order valence-electron chi connectivity index (χ4n) is 4.50. The van der Waals surface area contributed by atoms with Gasteiger partial charge >= 0.3 is 0 Å². The van der Waals surface area contributed by atoms with Crippen molar-refractivity contribution in [1.29, 1.82) is 0 Å². The maximum atomic E-state index is 2.49. The van der Waals surface area contributed by atoms with Crippen molar-refractivity contribution in [2.45, 2.75) is 58.3 Å². The lowest BCUT2D eigenvalue weighted by Gasteiger charge is -2.25. The minimum absolute atomic E-state index is 0.636. The molecule has 1 radical (unpaired) electrons. The monoisotopic (exact) mass is 251 g/mol. The van der Waals surface area contributed by atoms with Gasteiger partial charge < -0.3 is 0 Å². The second kappa shape index (κ2) is 4.51. The van der Waals surface area contributed by atoms with Gasteiger partial charge in [-0.3, -0.25) is 0 Å². The van der Waals surface area contributed by atoms with E-state index < -0.39 is 0 Å². The summed E-state index contributed by atoms with van der Waals surface area (Å²) in [6.45, 7) is 2.34. The van der Waals surface area contributed by atoms with Crippen molar-refractivity contribution in [3.8, 4) is 0 Å². The van der Waals surface area contributed by atoms with E-state index in [9.17, 15) is 0 Å². The second-order valence-electron chi connectivity index (χ2n) is 6.55. The molecule has 1 unspecified atom stereocenters. The van der Waals surface area contributed by atoms with E-state index >= 15 is 0 Å². The topological polar surface area (TPSA) is 0 Å². The van der Waals surface area contributed by atoms with Crippen molar-refractivity contribution in [2.24, 2.45) is 5.92 Å². The molecule has 0 N–H and O–H groups in total. The lowest BCUT2D eigenvalue weighted by molar-refractivity contribution is 0.642. The molecule has 0 nitrogen and oxygen atoms in total. The van der Waals surface area contributed by atoms with E-state index in [1.165, 1.54) is 51.4 Å². The molecule has 99 valence electrons. The highest BCUT2D eigenvalue weighted by Gasteiger charge is 2.33. The van der Waals surface area contributed by atoms with Crippen LogP contribution in [0.2, 0.25) is 0 Å². The zero-order valence-electron chi connectivity index (χ0n) is 12.0. The van der Waals surface area contributed by atoms with Crippen LogP contribution in [0.5, 0.6) is 0 Å². The molecule has 0 amide bonds. The van der Waals surface area contributed by atoms with E-state index in [-0.39, 0.29) is 0 Å². The second-order valence-corrected chi connectivity index (χ2v) is 6.55. The predicted molar refractivity (Wildman–Crippen MR) is 80.6 cm³/mol. The highest BCUT2D eigenvalue weighted by atomic mass is 14.4. The van der Waals surface area contributed by atoms with Crippen LogP contribution in [-0.4, -0.2) is 0 Å². The van der Waals surface area contributed by atoms with Gasteiger partial charge in [-0.2, -0.15) is 0 Å². The molecule has 0 aromatic rings. The van der Waals surface area contributed by atoms with Crippen molar-refractivity contribution in [3.63, 3.8) is 0 Å². The predicted octanol–water partition coefficient (Wildman–Crippen LogP) is 5.45. The van der Waals surface area contributed by atoms with Crippen LogP contribution in [0.4, 0.5) is 0 Å². The fourth-order valence-corrected chi connectivity index (χ4v) is 4.50. The molecule has 0 saturated carbocycles. The molecule has 0 spiro atoms. The number of allylic oxidation sites excluding steroid dienone is 8. The molecule has 0 bridgehead atoms. The summed E-state index contributed by atoms with van der Waals surface area (Å²) >= 11 is 0. The Hall–Kier alpha value is -1.04. The summed E-state index contributed by atoms with van der Waals surface area (Å²) in [6, 6.07) is 0. The van der Waals surface area contributed by atoms with Crippen LogP contribution in [0.15, 0.2) is 45.6 Å². The Morgan fingerprint density at radius 3 is 2.53 bits per heavy atom. The van der Waals surface area contributed by atoms with Crippen molar-refractivity contribution < 1.29 is 0 Å². The molecule has 19 heavy (non-hydrogen) atoms. The van der Waals surface area contributed by atoms with Crippen LogP contribution >= 0.6 is 0 Å². The van der Waals surface area contributed by atoms with Gasteiger partial charge in [-0.25, -0.2) is 0 Å². The Morgan fingerprint density at radius 2 is 1.63 bits per heavy atom. The van der Waals surface area contributed by atoms with Crippen molar-refractivity contribution in [1.82, 2.24) is 0 Å². The first-order valence-corrected chi connectivity index (χ1v) is 8.02. The van der Waals surface area contributed by atoms with Crippen LogP contribution in [0.3, 0.4) is 0 Å². The molecule has 0 saturated heterocycles. The Balaban J connectivity index is 1.73. The first-order chi connectivity index (χ1) is 9.34. The van der Waals surface area contributed by atoms with Gasteiger partial charge in [-0.15, -0.1) is 0 Å². The van der Waals surface area contributed by atoms with Crippen LogP contribution in [0.25, 0.3) is 0 Å². The lowest BCUT2D eigenvalue weighted by atomic mass is 9.80.